The molecule has 0 aromatic heterocycles. The summed E-state index contributed by atoms with van der Waals surface area (Å²) in [4.78, 5) is 25.0. The van der Waals surface area contributed by atoms with Crippen LogP contribution in [-0.2, 0) is 9.59 Å². The molecular weight excluding hydrogens is 252 g/mol. The van der Waals surface area contributed by atoms with Crippen molar-refractivity contribution in [3.05, 3.63) is 28.8 Å². The number of nitrogens with zero attached hydrogens (tertiary/aromatic N) is 1. The maximum atomic E-state index is 12.1. The topological polar surface area (TPSA) is 49.4 Å². The van der Waals surface area contributed by atoms with Crippen molar-refractivity contribution in [3.8, 4) is 0 Å². The predicted molar refractivity (Wildman–Crippen MR) is 70.6 cm³/mol. The normalized spacial score (nSPS) is 19.2. The number of hydrogen-bond donors (Lipinski definition) is 1. The van der Waals surface area contributed by atoms with E-state index in [4.69, 9.17) is 11.6 Å². The third kappa shape index (κ3) is 2.48. The van der Waals surface area contributed by atoms with Crippen LogP contribution in [-0.4, -0.2) is 29.8 Å². The van der Waals surface area contributed by atoms with Crippen LogP contribution in [0.4, 0.5) is 5.69 Å². The van der Waals surface area contributed by atoms with E-state index in [1.165, 1.54) is 4.90 Å². The van der Waals surface area contributed by atoms with Crippen LogP contribution in [0.2, 0.25) is 5.02 Å². The molecule has 1 saturated heterocycles. The number of rotatable bonds is 2. The number of carbonyl (C=O) groups is 2. The molecule has 0 spiro atoms. The molecule has 1 unspecified atom stereocenters. The minimum Gasteiger partial charge on any atom is -0.334 e. The van der Waals surface area contributed by atoms with Crippen molar-refractivity contribution < 1.29 is 9.59 Å². The molecule has 0 aliphatic carbocycles. The fourth-order valence-corrected chi connectivity index (χ4v) is 2.23. The number of hydrogen-bond acceptors (Lipinski definition) is 2. The van der Waals surface area contributed by atoms with Gasteiger partial charge in [0, 0.05) is 24.2 Å². The maximum absolute atomic E-state index is 12.1. The van der Waals surface area contributed by atoms with Crippen molar-refractivity contribution in [1.29, 1.82) is 0 Å². The highest BCUT2D eigenvalue weighted by Crippen LogP contribution is 2.22. The molecule has 1 heterocycles. The average molecular weight is 267 g/mol. The number of nitrogens with one attached hydrogen (secondary N) is 1. The monoisotopic (exact) mass is 266 g/mol. The summed E-state index contributed by atoms with van der Waals surface area (Å²) in [7, 11) is 1.66. The van der Waals surface area contributed by atoms with Gasteiger partial charge in [-0.1, -0.05) is 17.7 Å². The van der Waals surface area contributed by atoms with E-state index in [2.05, 4.69) is 5.32 Å². The molecule has 1 aliphatic heterocycles. The molecule has 2 amide bonds. The molecule has 2 rings (SSSR count). The lowest BCUT2D eigenvalue weighted by Crippen LogP contribution is -2.39. The van der Waals surface area contributed by atoms with Gasteiger partial charge in [-0.25, -0.2) is 0 Å². The third-order valence-corrected chi connectivity index (χ3v) is 3.49. The van der Waals surface area contributed by atoms with E-state index >= 15 is 0 Å². The Labute approximate surface area is 111 Å². The second-order valence-corrected chi connectivity index (χ2v) is 4.94. The fraction of sp³-hybridized carbons (Fsp3) is 0.385. The Kier molecular flexibility index (Phi) is 3.57. The number of carbonyl (C=O) groups excluding carboxylic acids is 2. The lowest BCUT2D eigenvalue weighted by molar-refractivity contribution is -0.131. The lowest BCUT2D eigenvalue weighted by Gasteiger charge is -2.19. The molecule has 18 heavy (non-hydrogen) atoms. The summed E-state index contributed by atoms with van der Waals surface area (Å²) in [6.45, 7) is 1.90. The number of benzene rings is 1. The van der Waals surface area contributed by atoms with Crippen molar-refractivity contribution >= 4 is 29.1 Å². The van der Waals surface area contributed by atoms with Gasteiger partial charge in [0.05, 0.1) is 0 Å². The van der Waals surface area contributed by atoms with Crippen molar-refractivity contribution in [3.63, 3.8) is 0 Å². The first-order valence-electron chi connectivity index (χ1n) is 5.81. The van der Waals surface area contributed by atoms with Crippen LogP contribution in [0.1, 0.15) is 18.4 Å². The highest BCUT2D eigenvalue weighted by atomic mass is 35.5. The Morgan fingerprint density at radius 2 is 2.22 bits per heavy atom. The molecule has 0 bridgehead atoms. The van der Waals surface area contributed by atoms with Crippen LogP contribution in [0.3, 0.4) is 0 Å². The van der Waals surface area contributed by atoms with Gasteiger partial charge in [-0.2, -0.15) is 0 Å². The van der Waals surface area contributed by atoms with Gasteiger partial charge in [0.2, 0.25) is 11.8 Å². The Hall–Kier alpha value is -1.55. The molecule has 1 aromatic rings. The van der Waals surface area contributed by atoms with Gasteiger partial charge >= 0.3 is 0 Å². The van der Waals surface area contributed by atoms with Crippen molar-refractivity contribution in [2.24, 2.45) is 0 Å². The maximum Gasteiger partial charge on any atom is 0.247 e. The SMILES string of the molecule is Cc1ccc(Cl)cc1NC(=O)C1CCC(=O)N1C. The Morgan fingerprint density at radius 1 is 1.50 bits per heavy atom. The number of halogens is 1. The zero-order chi connectivity index (χ0) is 13.3. The smallest absolute Gasteiger partial charge is 0.247 e. The summed E-state index contributed by atoms with van der Waals surface area (Å²) in [6, 6.07) is 4.96. The van der Waals surface area contributed by atoms with E-state index in [-0.39, 0.29) is 17.9 Å². The van der Waals surface area contributed by atoms with Crippen molar-refractivity contribution in [1.82, 2.24) is 4.90 Å². The molecular formula is C13H15ClN2O2. The van der Waals surface area contributed by atoms with Gasteiger partial charge in [-0.15, -0.1) is 0 Å². The average Bonchev–Trinajstić information content (AvgIpc) is 2.65. The summed E-state index contributed by atoms with van der Waals surface area (Å²) < 4.78 is 0. The molecule has 1 fully saturated rings. The first kappa shape index (κ1) is 12.9. The van der Waals surface area contributed by atoms with E-state index in [1.807, 2.05) is 13.0 Å². The van der Waals surface area contributed by atoms with Crippen LogP contribution in [0, 0.1) is 6.92 Å². The summed E-state index contributed by atoms with van der Waals surface area (Å²) in [5.74, 6) is -0.147. The van der Waals surface area contributed by atoms with E-state index in [0.29, 0.717) is 23.6 Å². The molecule has 1 aliphatic rings. The number of amides is 2. The zero-order valence-corrected chi connectivity index (χ0v) is 11.1. The van der Waals surface area contributed by atoms with Gasteiger partial charge in [-0.05, 0) is 31.0 Å². The fourth-order valence-electron chi connectivity index (χ4n) is 2.06. The Morgan fingerprint density at radius 3 is 2.83 bits per heavy atom. The number of anilines is 1. The second-order valence-electron chi connectivity index (χ2n) is 4.51. The van der Waals surface area contributed by atoms with Crippen molar-refractivity contribution in [2.75, 3.05) is 12.4 Å². The van der Waals surface area contributed by atoms with Crippen LogP contribution in [0.25, 0.3) is 0 Å². The molecule has 4 nitrogen and oxygen atoms in total. The highest BCUT2D eigenvalue weighted by Gasteiger charge is 2.33. The number of likely N-dealkylation sites (tertiary alicyclic amines) is 1. The van der Waals surface area contributed by atoms with E-state index in [9.17, 15) is 9.59 Å². The molecule has 1 N–H and O–H groups in total. The standard InChI is InChI=1S/C13H15ClN2O2/c1-8-3-4-9(14)7-10(8)15-13(18)11-5-6-12(17)16(11)2/h3-4,7,11H,5-6H2,1-2H3,(H,15,18). The number of likely N-dealkylation sites (N-methyl/N-ethyl adjacent to an activating group) is 1. The first-order valence-corrected chi connectivity index (χ1v) is 6.19. The minimum absolute atomic E-state index is 0.0120. The number of aryl methyl sites for hydroxylation is 1. The summed E-state index contributed by atoms with van der Waals surface area (Å²) >= 11 is 5.90. The Bertz CT molecular complexity index is 502. The van der Waals surface area contributed by atoms with Crippen molar-refractivity contribution in [2.45, 2.75) is 25.8 Å². The van der Waals surface area contributed by atoms with Crippen LogP contribution >= 0.6 is 11.6 Å². The quantitative estimate of drug-likeness (QED) is 0.892. The van der Waals surface area contributed by atoms with E-state index < -0.39 is 0 Å². The lowest BCUT2D eigenvalue weighted by atomic mass is 10.1. The summed E-state index contributed by atoms with van der Waals surface area (Å²) in [6.07, 6.45) is 1.00. The highest BCUT2D eigenvalue weighted by molar-refractivity contribution is 6.31. The van der Waals surface area contributed by atoms with E-state index in [0.717, 1.165) is 5.56 Å². The van der Waals surface area contributed by atoms with Gasteiger partial charge in [0.15, 0.2) is 0 Å². The summed E-state index contributed by atoms with van der Waals surface area (Å²) in [5.41, 5.74) is 1.64. The molecule has 0 radical (unpaired) electrons. The molecule has 1 aromatic carbocycles. The van der Waals surface area contributed by atoms with Gasteiger partial charge in [0.25, 0.3) is 0 Å². The molecule has 0 saturated carbocycles. The van der Waals surface area contributed by atoms with Gasteiger partial charge in [0.1, 0.15) is 6.04 Å². The first-order chi connectivity index (χ1) is 8.49. The van der Waals surface area contributed by atoms with Crippen LogP contribution in [0.15, 0.2) is 18.2 Å². The van der Waals surface area contributed by atoms with Crippen LogP contribution < -0.4 is 5.32 Å². The third-order valence-electron chi connectivity index (χ3n) is 3.25. The second kappa shape index (κ2) is 4.98. The predicted octanol–water partition coefficient (Wildman–Crippen LogP) is 2.21. The Balaban J connectivity index is 2.12. The molecule has 5 heteroatoms. The largest absolute Gasteiger partial charge is 0.334 e. The zero-order valence-electron chi connectivity index (χ0n) is 10.4. The van der Waals surface area contributed by atoms with E-state index in [1.54, 1.807) is 19.2 Å². The van der Waals surface area contributed by atoms with Gasteiger partial charge in [-0.3, -0.25) is 9.59 Å². The van der Waals surface area contributed by atoms with Gasteiger partial charge < -0.3 is 10.2 Å². The minimum atomic E-state index is -0.379. The molecule has 96 valence electrons. The summed E-state index contributed by atoms with van der Waals surface area (Å²) in [5, 5.41) is 3.40. The van der Waals surface area contributed by atoms with Crippen LogP contribution in [0.5, 0.6) is 0 Å². The molecule has 1 atom stereocenters.